The monoisotopic (exact) mass is 462 g/mol. The van der Waals surface area contributed by atoms with E-state index in [1.54, 1.807) is 26.0 Å². The molecule has 0 spiro atoms. The summed E-state index contributed by atoms with van der Waals surface area (Å²) in [6, 6.07) is 3.84. The number of para-hydroxylation sites is 1. The Hall–Kier alpha value is -2.38. The number of hydrogen-bond acceptors (Lipinski definition) is 5. The van der Waals surface area contributed by atoms with Crippen LogP contribution in [-0.2, 0) is 19.1 Å². The van der Waals surface area contributed by atoms with Gasteiger partial charge in [0.1, 0.15) is 6.04 Å². The predicted octanol–water partition coefficient (Wildman–Crippen LogP) is 3.19. The molecule has 0 bridgehead atoms. The Kier molecular flexibility index (Phi) is 7.62. The Morgan fingerprint density at radius 2 is 2.00 bits per heavy atom. The second-order valence-corrected chi connectivity index (χ2v) is 8.89. The van der Waals surface area contributed by atoms with Crippen molar-refractivity contribution >= 4 is 35.1 Å². The summed E-state index contributed by atoms with van der Waals surface area (Å²) < 4.78 is 5.30. The van der Waals surface area contributed by atoms with Crippen molar-refractivity contribution in [3.05, 3.63) is 40.9 Å². The molecule has 0 saturated carbocycles. The van der Waals surface area contributed by atoms with E-state index >= 15 is 0 Å². The first-order valence-electron chi connectivity index (χ1n) is 11.1. The van der Waals surface area contributed by atoms with Crippen LogP contribution in [0.3, 0.4) is 0 Å². The molecular formula is C24H31ClN2O5. The number of fused-ring (bicyclic) bond motifs is 1. The lowest BCUT2D eigenvalue weighted by Gasteiger charge is -2.33. The van der Waals surface area contributed by atoms with Gasteiger partial charge in [-0.2, -0.15) is 0 Å². The highest BCUT2D eigenvalue weighted by Gasteiger charge is 2.58. The number of esters is 1. The summed E-state index contributed by atoms with van der Waals surface area (Å²) >= 11 is 6.30. The van der Waals surface area contributed by atoms with Gasteiger partial charge in [-0.1, -0.05) is 42.8 Å². The van der Waals surface area contributed by atoms with Crippen LogP contribution in [-0.4, -0.2) is 53.1 Å². The van der Waals surface area contributed by atoms with Crippen molar-refractivity contribution in [1.82, 2.24) is 4.90 Å². The molecule has 2 amide bonds. The highest BCUT2D eigenvalue weighted by atomic mass is 35.5. The summed E-state index contributed by atoms with van der Waals surface area (Å²) in [5, 5.41) is 13.1. The number of halogens is 1. The lowest BCUT2D eigenvalue weighted by molar-refractivity contribution is -0.156. The van der Waals surface area contributed by atoms with E-state index in [-0.39, 0.29) is 25.0 Å². The van der Waals surface area contributed by atoms with Gasteiger partial charge in [0.2, 0.25) is 11.8 Å². The van der Waals surface area contributed by atoms with Crippen LogP contribution in [0.25, 0.3) is 0 Å². The number of ether oxygens (including phenoxy) is 1. The van der Waals surface area contributed by atoms with Gasteiger partial charge in [-0.25, -0.2) is 0 Å². The second-order valence-electron chi connectivity index (χ2n) is 8.48. The van der Waals surface area contributed by atoms with Gasteiger partial charge in [-0.3, -0.25) is 14.4 Å². The van der Waals surface area contributed by atoms with Crippen molar-refractivity contribution in [2.45, 2.75) is 46.2 Å². The predicted molar refractivity (Wildman–Crippen MR) is 122 cm³/mol. The quantitative estimate of drug-likeness (QED) is 0.479. The number of nitrogens with one attached hydrogen (secondary N) is 1. The number of allylic oxidation sites excluding steroid dienone is 1. The SMILES string of the molecule is CCOC(=O)[C@H]1[C@@H]2C(=O)N([C@H](C)CO)[C@H](C(=O)Nc3c(C)cccc3Cl)[C@H]2C=C[C@H]1CC. The number of amides is 2. The van der Waals surface area contributed by atoms with Gasteiger partial charge in [0.25, 0.3) is 0 Å². The van der Waals surface area contributed by atoms with Gasteiger partial charge in [0.05, 0.1) is 41.8 Å². The van der Waals surface area contributed by atoms with Crippen LogP contribution < -0.4 is 5.32 Å². The second kappa shape index (κ2) is 10.0. The van der Waals surface area contributed by atoms with Crippen LogP contribution in [0.2, 0.25) is 5.02 Å². The molecule has 1 fully saturated rings. The molecule has 0 radical (unpaired) electrons. The molecular weight excluding hydrogens is 432 g/mol. The normalized spacial score (nSPS) is 27.8. The lowest BCUT2D eigenvalue weighted by atomic mass is 9.69. The van der Waals surface area contributed by atoms with Crippen molar-refractivity contribution in [2.24, 2.45) is 23.7 Å². The summed E-state index contributed by atoms with van der Waals surface area (Å²) in [6.45, 7) is 7.13. The molecule has 1 aliphatic heterocycles. The number of likely N-dealkylation sites (tertiary alicyclic amines) is 1. The van der Waals surface area contributed by atoms with Crippen molar-refractivity contribution in [3.63, 3.8) is 0 Å². The van der Waals surface area contributed by atoms with E-state index in [9.17, 15) is 19.5 Å². The van der Waals surface area contributed by atoms with Gasteiger partial charge in [0.15, 0.2) is 0 Å². The standard InChI is InChI=1S/C24H31ClN2O5/c1-5-15-10-11-16-19(18(15)24(31)32-6-2)23(30)27(14(4)12-28)21(16)22(29)26-20-13(3)8-7-9-17(20)25/h7-11,14-16,18-19,21,28H,5-6,12H2,1-4H3,(H,26,29)/t14-,15-,16+,18-,19-,21+/m1/s1. The van der Waals surface area contributed by atoms with Crippen molar-refractivity contribution in [1.29, 1.82) is 0 Å². The summed E-state index contributed by atoms with van der Waals surface area (Å²) in [4.78, 5) is 41.4. The van der Waals surface area contributed by atoms with Gasteiger partial charge in [-0.15, -0.1) is 0 Å². The maximum absolute atomic E-state index is 13.6. The number of anilines is 1. The van der Waals surface area contributed by atoms with E-state index in [0.29, 0.717) is 17.1 Å². The third kappa shape index (κ3) is 4.28. The van der Waals surface area contributed by atoms with Gasteiger partial charge in [0, 0.05) is 5.92 Å². The number of aryl methyl sites for hydroxylation is 1. The average molecular weight is 463 g/mol. The van der Waals surface area contributed by atoms with Crippen LogP contribution in [0.4, 0.5) is 5.69 Å². The van der Waals surface area contributed by atoms with Crippen LogP contribution in [0.15, 0.2) is 30.4 Å². The van der Waals surface area contributed by atoms with Crippen molar-refractivity contribution in [3.8, 4) is 0 Å². The Morgan fingerprint density at radius 3 is 2.59 bits per heavy atom. The number of benzene rings is 1. The zero-order valence-electron chi connectivity index (χ0n) is 18.9. The van der Waals surface area contributed by atoms with Crippen molar-refractivity contribution < 1.29 is 24.2 Å². The largest absolute Gasteiger partial charge is 0.466 e. The number of aliphatic hydroxyl groups excluding tert-OH is 1. The Labute approximate surface area is 193 Å². The Bertz CT molecular complexity index is 897. The number of carbonyl (C=O) groups excluding carboxylic acids is 3. The molecule has 32 heavy (non-hydrogen) atoms. The molecule has 7 nitrogen and oxygen atoms in total. The fraction of sp³-hybridized carbons (Fsp3) is 0.542. The van der Waals surface area contributed by atoms with E-state index in [1.807, 2.05) is 32.1 Å². The number of nitrogens with zero attached hydrogens (tertiary/aromatic N) is 1. The van der Waals surface area contributed by atoms with Crippen LogP contribution in [0.1, 0.15) is 32.8 Å². The zero-order chi connectivity index (χ0) is 23.6. The minimum absolute atomic E-state index is 0.154. The lowest BCUT2D eigenvalue weighted by Crippen LogP contribution is -2.49. The molecule has 0 unspecified atom stereocenters. The minimum atomic E-state index is -0.878. The van der Waals surface area contributed by atoms with E-state index in [1.165, 1.54) is 4.90 Å². The summed E-state index contributed by atoms with van der Waals surface area (Å²) in [7, 11) is 0. The highest BCUT2D eigenvalue weighted by molar-refractivity contribution is 6.34. The maximum atomic E-state index is 13.6. The topological polar surface area (TPSA) is 95.9 Å². The third-order valence-corrected chi connectivity index (χ3v) is 6.87. The van der Waals surface area contributed by atoms with Gasteiger partial charge < -0.3 is 20.1 Å². The first-order valence-corrected chi connectivity index (χ1v) is 11.5. The molecule has 8 heteroatoms. The number of aliphatic hydroxyl groups is 1. The molecule has 0 aromatic heterocycles. The molecule has 1 aromatic rings. The molecule has 1 saturated heterocycles. The fourth-order valence-corrected chi connectivity index (χ4v) is 5.22. The molecule has 1 aliphatic carbocycles. The minimum Gasteiger partial charge on any atom is -0.466 e. The smallest absolute Gasteiger partial charge is 0.310 e. The molecule has 174 valence electrons. The number of carbonyl (C=O) groups is 3. The third-order valence-electron chi connectivity index (χ3n) is 6.56. The van der Waals surface area contributed by atoms with Crippen LogP contribution in [0.5, 0.6) is 0 Å². The average Bonchev–Trinajstić information content (AvgIpc) is 3.07. The fourth-order valence-electron chi connectivity index (χ4n) is 4.95. The first kappa shape index (κ1) is 24.3. The summed E-state index contributed by atoms with van der Waals surface area (Å²) in [5.41, 5.74) is 1.28. The van der Waals surface area contributed by atoms with E-state index in [2.05, 4.69) is 5.32 Å². The number of hydrogen-bond donors (Lipinski definition) is 2. The van der Waals surface area contributed by atoms with Crippen molar-refractivity contribution in [2.75, 3.05) is 18.5 Å². The molecule has 6 atom stereocenters. The molecule has 1 aromatic carbocycles. The molecule has 2 N–H and O–H groups in total. The number of rotatable bonds is 7. The van der Waals surface area contributed by atoms with E-state index in [4.69, 9.17) is 16.3 Å². The van der Waals surface area contributed by atoms with E-state index < -0.39 is 41.7 Å². The summed E-state index contributed by atoms with van der Waals surface area (Å²) in [5.74, 6) is -3.20. The van der Waals surface area contributed by atoms with Gasteiger partial charge in [-0.05, 0) is 44.7 Å². The molecule has 2 aliphatic rings. The highest BCUT2D eigenvalue weighted by Crippen LogP contribution is 2.46. The summed E-state index contributed by atoms with van der Waals surface area (Å²) in [6.07, 6.45) is 4.46. The maximum Gasteiger partial charge on any atom is 0.310 e. The molecule has 3 rings (SSSR count). The first-order chi connectivity index (χ1) is 15.3. The van der Waals surface area contributed by atoms with E-state index in [0.717, 1.165) is 5.56 Å². The Balaban J connectivity index is 2.03. The molecule has 1 heterocycles. The van der Waals surface area contributed by atoms with Gasteiger partial charge >= 0.3 is 5.97 Å². The van der Waals surface area contributed by atoms with Crippen LogP contribution in [0, 0.1) is 30.6 Å². The Morgan fingerprint density at radius 1 is 1.28 bits per heavy atom. The zero-order valence-corrected chi connectivity index (χ0v) is 19.6. The van der Waals surface area contributed by atoms with Crippen LogP contribution >= 0.6 is 11.6 Å².